The molecule has 0 aromatic rings. The topological polar surface area (TPSA) is 38.3 Å². The highest BCUT2D eigenvalue weighted by molar-refractivity contribution is 5.75. The van der Waals surface area contributed by atoms with Crippen LogP contribution in [0.3, 0.4) is 0 Å². The quantitative estimate of drug-likeness (QED) is 0.590. The minimum absolute atomic E-state index is 0.123. The van der Waals surface area contributed by atoms with E-state index in [1.165, 1.54) is 0 Å². The van der Waals surface area contributed by atoms with E-state index in [1.54, 1.807) is 0 Å². The summed E-state index contributed by atoms with van der Waals surface area (Å²) in [6.07, 6.45) is 2.55. The van der Waals surface area contributed by atoms with Crippen molar-refractivity contribution >= 4 is 5.91 Å². The lowest BCUT2D eigenvalue weighted by Crippen LogP contribution is -2.26. The lowest BCUT2D eigenvalue weighted by atomic mass is 10.3. The van der Waals surface area contributed by atoms with Crippen molar-refractivity contribution in [1.82, 2.24) is 5.32 Å². The lowest BCUT2D eigenvalue weighted by Gasteiger charge is -2.04. The van der Waals surface area contributed by atoms with E-state index in [2.05, 4.69) is 12.2 Å². The van der Waals surface area contributed by atoms with Crippen LogP contribution in [0, 0.1) is 0 Å². The maximum absolute atomic E-state index is 10.9. The van der Waals surface area contributed by atoms with Crippen LogP contribution in [0.2, 0.25) is 0 Å². The van der Waals surface area contributed by atoms with Gasteiger partial charge in [0.15, 0.2) is 0 Å². The third-order valence-corrected chi connectivity index (χ3v) is 1.39. The van der Waals surface area contributed by atoms with Crippen LogP contribution < -0.4 is 5.32 Å². The van der Waals surface area contributed by atoms with Crippen molar-refractivity contribution in [2.45, 2.75) is 33.1 Å². The Bertz CT molecular complexity index is 115. The second-order valence-corrected chi connectivity index (χ2v) is 2.71. The molecule has 1 N–H and O–H groups in total. The molecule has 12 heavy (non-hydrogen) atoms. The molecule has 0 aliphatic heterocycles. The summed E-state index contributed by atoms with van der Waals surface area (Å²) in [5.74, 6) is 0.123. The fourth-order valence-electron chi connectivity index (χ4n) is 0.824. The zero-order valence-electron chi connectivity index (χ0n) is 8.06. The number of hydrogen-bond acceptors (Lipinski definition) is 2. The van der Waals surface area contributed by atoms with Crippen molar-refractivity contribution in [3.8, 4) is 0 Å². The first-order valence-corrected chi connectivity index (χ1v) is 4.65. The molecular formula is C9H19NO2. The molecular weight excluding hydrogens is 154 g/mol. The summed E-state index contributed by atoms with van der Waals surface area (Å²) >= 11 is 0. The highest BCUT2D eigenvalue weighted by atomic mass is 16.5. The number of rotatable bonds is 7. The van der Waals surface area contributed by atoms with Gasteiger partial charge in [-0.15, -0.1) is 0 Å². The molecule has 0 spiro atoms. The van der Waals surface area contributed by atoms with Gasteiger partial charge in [0.25, 0.3) is 0 Å². The Hall–Kier alpha value is -0.570. The van der Waals surface area contributed by atoms with E-state index in [0.717, 1.165) is 19.4 Å². The number of hydrogen-bond donors (Lipinski definition) is 1. The van der Waals surface area contributed by atoms with E-state index in [0.29, 0.717) is 19.6 Å². The van der Waals surface area contributed by atoms with Crippen LogP contribution >= 0.6 is 0 Å². The van der Waals surface area contributed by atoms with Crippen molar-refractivity contribution in [3.05, 3.63) is 0 Å². The van der Waals surface area contributed by atoms with E-state index in [9.17, 15) is 4.79 Å². The summed E-state index contributed by atoms with van der Waals surface area (Å²) in [5.41, 5.74) is 0. The van der Waals surface area contributed by atoms with Gasteiger partial charge in [-0.2, -0.15) is 0 Å². The van der Waals surface area contributed by atoms with Gasteiger partial charge >= 0.3 is 0 Å². The van der Waals surface area contributed by atoms with Crippen molar-refractivity contribution in [1.29, 1.82) is 0 Å². The van der Waals surface area contributed by atoms with Gasteiger partial charge in [0, 0.05) is 19.6 Å². The average molecular weight is 173 g/mol. The Morgan fingerprint density at radius 2 is 2.00 bits per heavy atom. The number of nitrogens with one attached hydrogen (secondary N) is 1. The third-order valence-electron chi connectivity index (χ3n) is 1.39. The smallest absolute Gasteiger partial charge is 0.220 e. The summed E-state index contributed by atoms with van der Waals surface area (Å²) < 4.78 is 5.20. The highest BCUT2D eigenvalue weighted by Gasteiger charge is 1.96. The fraction of sp³-hybridized carbons (Fsp3) is 0.889. The highest BCUT2D eigenvalue weighted by Crippen LogP contribution is 1.85. The SMILES string of the molecule is CCCOCCNC(=O)CCC. The second kappa shape index (κ2) is 8.53. The summed E-state index contributed by atoms with van der Waals surface area (Å²) in [4.78, 5) is 10.9. The molecule has 3 nitrogen and oxygen atoms in total. The first kappa shape index (κ1) is 11.4. The van der Waals surface area contributed by atoms with E-state index < -0.39 is 0 Å². The number of amides is 1. The Morgan fingerprint density at radius 3 is 2.58 bits per heavy atom. The van der Waals surface area contributed by atoms with Crippen LogP contribution in [0.1, 0.15) is 33.1 Å². The van der Waals surface area contributed by atoms with E-state index >= 15 is 0 Å². The lowest BCUT2D eigenvalue weighted by molar-refractivity contribution is -0.121. The van der Waals surface area contributed by atoms with E-state index in [4.69, 9.17) is 4.74 Å². The van der Waals surface area contributed by atoms with Crippen LogP contribution in [0.4, 0.5) is 0 Å². The number of carbonyl (C=O) groups is 1. The van der Waals surface area contributed by atoms with E-state index in [-0.39, 0.29) is 5.91 Å². The maximum atomic E-state index is 10.9. The predicted molar refractivity (Wildman–Crippen MR) is 49.0 cm³/mol. The normalized spacial score (nSPS) is 9.83. The minimum Gasteiger partial charge on any atom is -0.380 e. The van der Waals surface area contributed by atoms with Gasteiger partial charge in [0.2, 0.25) is 5.91 Å². The standard InChI is InChI=1S/C9H19NO2/c1-3-5-9(11)10-6-8-12-7-4-2/h3-8H2,1-2H3,(H,10,11). The molecule has 0 saturated carbocycles. The third kappa shape index (κ3) is 7.54. The monoisotopic (exact) mass is 173 g/mol. The van der Waals surface area contributed by atoms with Gasteiger partial charge < -0.3 is 10.1 Å². The second-order valence-electron chi connectivity index (χ2n) is 2.71. The van der Waals surface area contributed by atoms with E-state index in [1.807, 2.05) is 6.92 Å². The van der Waals surface area contributed by atoms with Gasteiger partial charge in [-0.1, -0.05) is 13.8 Å². The van der Waals surface area contributed by atoms with Gasteiger partial charge in [-0.25, -0.2) is 0 Å². The summed E-state index contributed by atoms with van der Waals surface area (Å²) in [7, 11) is 0. The molecule has 0 unspecified atom stereocenters. The van der Waals surface area contributed by atoms with Crippen molar-refractivity contribution < 1.29 is 9.53 Å². The van der Waals surface area contributed by atoms with Gasteiger partial charge in [0.1, 0.15) is 0 Å². The largest absolute Gasteiger partial charge is 0.380 e. The molecule has 0 bridgehead atoms. The Labute approximate surface area is 74.5 Å². The molecule has 0 aromatic carbocycles. The molecule has 0 heterocycles. The van der Waals surface area contributed by atoms with Crippen LogP contribution in [0.25, 0.3) is 0 Å². The predicted octanol–water partition coefficient (Wildman–Crippen LogP) is 1.33. The molecule has 72 valence electrons. The maximum Gasteiger partial charge on any atom is 0.220 e. The number of carbonyl (C=O) groups excluding carboxylic acids is 1. The van der Waals surface area contributed by atoms with Crippen molar-refractivity contribution in [2.75, 3.05) is 19.8 Å². The van der Waals surface area contributed by atoms with Crippen LogP contribution in [-0.2, 0) is 9.53 Å². The molecule has 1 amide bonds. The first-order chi connectivity index (χ1) is 5.81. The molecule has 0 saturated heterocycles. The summed E-state index contributed by atoms with van der Waals surface area (Å²) in [6.45, 7) is 6.11. The fourth-order valence-corrected chi connectivity index (χ4v) is 0.824. The van der Waals surface area contributed by atoms with Crippen LogP contribution in [0.15, 0.2) is 0 Å². The molecule has 0 rings (SSSR count). The average Bonchev–Trinajstić information content (AvgIpc) is 2.05. The minimum atomic E-state index is 0.123. The zero-order valence-corrected chi connectivity index (χ0v) is 8.06. The molecule has 0 fully saturated rings. The first-order valence-electron chi connectivity index (χ1n) is 4.65. The molecule has 0 aromatic heterocycles. The van der Waals surface area contributed by atoms with Gasteiger partial charge in [-0.3, -0.25) is 4.79 Å². The molecule has 0 atom stereocenters. The van der Waals surface area contributed by atoms with Crippen molar-refractivity contribution in [2.24, 2.45) is 0 Å². The molecule has 3 heteroatoms. The zero-order chi connectivity index (χ0) is 9.23. The van der Waals surface area contributed by atoms with Crippen LogP contribution in [-0.4, -0.2) is 25.7 Å². The molecule has 0 radical (unpaired) electrons. The van der Waals surface area contributed by atoms with Gasteiger partial charge in [-0.05, 0) is 12.8 Å². The Morgan fingerprint density at radius 1 is 1.25 bits per heavy atom. The summed E-state index contributed by atoms with van der Waals surface area (Å²) in [5, 5.41) is 2.78. The Balaban J connectivity index is 3.03. The number of ether oxygens (including phenoxy) is 1. The molecule has 0 aliphatic carbocycles. The van der Waals surface area contributed by atoms with Gasteiger partial charge in [0.05, 0.1) is 6.61 Å². The van der Waals surface area contributed by atoms with Crippen molar-refractivity contribution in [3.63, 3.8) is 0 Å². The van der Waals surface area contributed by atoms with Crippen LogP contribution in [0.5, 0.6) is 0 Å². The Kier molecular flexibility index (Phi) is 8.12. The summed E-state index contributed by atoms with van der Waals surface area (Å²) in [6, 6.07) is 0. The molecule has 0 aliphatic rings.